The minimum absolute atomic E-state index is 0.116. The number of carboxylic acids is 1. The molecule has 5 atom stereocenters. The number of thioether (sulfide) groups is 1. The lowest BCUT2D eigenvalue weighted by molar-refractivity contribution is -0.161. The third-order valence-corrected chi connectivity index (χ3v) is 6.68. The number of fused-ring (bicyclic) bond motifs is 1. The first-order valence-electron chi connectivity index (χ1n) is 9.02. The van der Waals surface area contributed by atoms with Gasteiger partial charge in [-0.15, -0.1) is 11.8 Å². The van der Waals surface area contributed by atoms with Crippen molar-refractivity contribution < 1.29 is 19.8 Å². The molecule has 144 valence electrons. The molecule has 8 heteroatoms. The normalized spacial score (nSPS) is 31.8. The Bertz CT molecular complexity index is 648. The number of hydrogen-bond acceptors (Lipinski definition) is 6. The number of β-lactam (4-membered cyclic amide) rings is 1. The first-order chi connectivity index (χ1) is 12.3. The Morgan fingerprint density at radius 3 is 2.88 bits per heavy atom. The van der Waals surface area contributed by atoms with E-state index < -0.39 is 18.0 Å². The number of nitrogens with one attached hydrogen (secondary N) is 2. The van der Waals surface area contributed by atoms with Gasteiger partial charge in [0.05, 0.1) is 18.1 Å². The zero-order valence-corrected chi connectivity index (χ0v) is 16.0. The first-order valence-corrected chi connectivity index (χ1v) is 9.90. The zero-order valence-electron chi connectivity index (χ0n) is 15.2. The van der Waals surface area contributed by atoms with Crippen molar-refractivity contribution >= 4 is 23.6 Å². The average Bonchev–Trinajstić information content (AvgIpc) is 3.10. The SMILES string of the molecule is C=C(CNC)C[C@H]1C[C@H](SC2=C(C(=O)O)N3C(=O)[C@H]([C@@H](C)O)[C@H]3C2)CN1. The Balaban J connectivity index is 1.64. The van der Waals surface area contributed by atoms with Crippen molar-refractivity contribution in [3.8, 4) is 0 Å². The lowest BCUT2D eigenvalue weighted by Crippen LogP contribution is -2.61. The number of carbonyl (C=O) groups is 2. The van der Waals surface area contributed by atoms with E-state index in [0.717, 1.165) is 36.4 Å². The number of carbonyl (C=O) groups excluding carboxylic acids is 1. The third-order valence-electron chi connectivity index (χ3n) is 5.34. The summed E-state index contributed by atoms with van der Waals surface area (Å²) in [4.78, 5) is 26.1. The van der Waals surface area contributed by atoms with E-state index in [0.29, 0.717) is 12.5 Å². The highest BCUT2D eigenvalue weighted by atomic mass is 32.2. The Morgan fingerprint density at radius 2 is 2.27 bits per heavy atom. The van der Waals surface area contributed by atoms with Crippen LogP contribution in [0.4, 0.5) is 0 Å². The summed E-state index contributed by atoms with van der Waals surface area (Å²) in [5.74, 6) is -1.82. The largest absolute Gasteiger partial charge is 0.477 e. The van der Waals surface area contributed by atoms with Crippen LogP contribution in [0.1, 0.15) is 26.2 Å². The molecule has 3 heterocycles. The number of aliphatic carboxylic acids is 1. The predicted octanol–water partition coefficient (Wildman–Crippen LogP) is 0.524. The molecule has 0 aliphatic carbocycles. The van der Waals surface area contributed by atoms with Crippen LogP contribution in [-0.2, 0) is 9.59 Å². The van der Waals surface area contributed by atoms with Crippen molar-refractivity contribution in [2.24, 2.45) is 5.92 Å². The molecule has 3 aliphatic rings. The monoisotopic (exact) mass is 381 g/mol. The fourth-order valence-electron chi connectivity index (χ4n) is 4.24. The van der Waals surface area contributed by atoms with Gasteiger partial charge in [0.2, 0.25) is 5.91 Å². The average molecular weight is 381 g/mol. The van der Waals surface area contributed by atoms with Crippen LogP contribution < -0.4 is 10.6 Å². The molecule has 4 N–H and O–H groups in total. The molecule has 7 nitrogen and oxygen atoms in total. The maximum Gasteiger partial charge on any atom is 0.353 e. The highest BCUT2D eigenvalue weighted by Gasteiger charge is 2.57. The first kappa shape index (κ1) is 19.4. The van der Waals surface area contributed by atoms with E-state index in [1.807, 2.05) is 7.05 Å². The van der Waals surface area contributed by atoms with E-state index in [2.05, 4.69) is 17.2 Å². The summed E-state index contributed by atoms with van der Waals surface area (Å²) in [6.45, 7) is 7.27. The fraction of sp³-hybridized carbons (Fsp3) is 0.667. The van der Waals surface area contributed by atoms with E-state index in [1.54, 1.807) is 18.7 Å². The van der Waals surface area contributed by atoms with Crippen LogP contribution in [0.25, 0.3) is 0 Å². The topological polar surface area (TPSA) is 102 Å². The summed E-state index contributed by atoms with van der Waals surface area (Å²) in [5, 5.41) is 26.3. The maximum absolute atomic E-state index is 12.2. The molecule has 3 rings (SSSR count). The lowest BCUT2D eigenvalue weighted by atomic mass is 9.83. The van der Waals surface area contributed by atoms with Gasteiger partial charge >= 0.3 is 5.97 Å². The fourth-order valence-corrected chi connectivity index (χ4v) is 5.71. The van der Waals surface area contributed by atoms with Gasteiger partial charge in [-0.1, -0.05) is 12.2 Å². The minimum atomic E-state index is -1.06. The van der Waals surface area contributed by atoms with E-state index >= 15 is 0 Å². The summed E-state index contributed by atoms with van der Waals surface area (Å²) in [6, 6.07) is 0.143. The second-order valence-electron chi connectivity index (χ2n) is 7.39. The molecular weight excluding hydrogens is 354 g/mol. The second-order valence-corrected chi connectivity index (χ2v) is 8.78. The van der Waals surface area contributed by atoms with Crippen molar-refractivity contribution in [2.45, 2.75) is 49.6 Å². The quantitative estimate of drug-likeness (QED) is 0.359. The molecule has 0 spiro atoms. The molecule has 0 unspecified atom stereocenters. The van der Waals surface area contributed by atoms with Crippen LogP contribution in [0.15, 0.2) is 22.8 Å². The van der Waals surface area contributed by atoms with Gasteiger partial charge in [-0.25, -0.2) is 4.79 Å². The van der Waals surface area contributed by atoms with Crippen molar-refractivity contribution in [1.29, 1.82) is 0 Å². The number of rotatable bonds is 8. The molecule has 0 radical (unpaired) electrons. The molecule has 2 fully saturated rings. The Kier molecular flexibility index (Phi) is 5.76. The molecule has 0 saturated carbocycles. The van der Waals surface area contributed by atoms with Crippen molar-refractivity contribution in [2.75, 3.05) is 20.1 Å². The summed E-state index contributed by atoms with van der Waals surface area (Å²) < 4.78 is 0. The minimum Gasteiger partial charge on any atom is -0.477 e. The van der Waals surface area contributed by atoms with Crippen LogP contribution in [-0.4, -0.2) is 70.6 Å². The smallest absolute Gasteiger partial charge is 0.353 e. The molecule has 26 heavy (non-hydrogen) atoms. The number of amides is 1. The van der Waals surface area contributed by atoms with Crippen LogP contribution in [0, 0.1) is 5.92 Å². The van der Waals surface area contributed by atoms with E-state index in [-0.39, 0.29) is 22.9 Å². The van der Waals surface area contributed by atoms with E-state index in [4.69, 9.17) is 0 Å². The molecule has 1 amide bonds. The van der Waals surface area contributed by atoms with Gasteiger partial charge < -0.3 is 25.7 Å². The van der Waals surface area contributed by atoms with Crippen LogP contribution in [0.2, 0.25) is 0 Å². The van der Waals surface area contributed by atoms with Gasteiger partial charge in [0, 0.05) is 35.7 Å². The van der Waals surface area contributed by atoms with Crippen LogP contribution in [0.3, 0.4) is 0 Å². The van der Waals surface area contributed by atoms with Crippen molar-refractivity contribution in [3.63, 3.8) is 0 Å². The number of aliphatic hydroxyl groups is 1. The summed E-state index contributed by atoms with van der Waals surface area (Å²) >= 11 is 1.57. The number of likely N-dealkylation sites (N-methyl/N-ethyl adjacent to an activating group) is 1. The molecule has 3 aliphatic heterocycles. The number of carboxylic acid groups (broad SMARTS) is 1. The standard InChI is InChI=1S/C18H27N3O4S/c1-9(7-19-3)4-11-5-12(8-20-11)26-14-6-13-15(10(2)22)17(23)21(13)16(14)18(24)25/h10-13,15,19-20,22H,1,4-8H2,2-3H3,(H,24,25)/t10-,11+,12+,13-,15-/m1/s1. The molecule has 0 bridgehead atoms. The highest BCUT2D eigenvalue weighted by molar-refractivity contribution is 8.03. The van der Waals surface area contributed by atoms with Crippen LogP contribution in [0.5, 0.6) is 0 Å². The molecule has 0 aromatic heterocycles. The maximum atomic E-state index is 12.2. The summed E-state index contributed by atoms with van der Waals surface area (Å²) in [7, 11) is 1.90. The van der Waals surface area contributed by atoms with Crippen molar-refractivity contribution in [1.82, 2.24) is 15.5 Å². The van der Waals surface area contributed by atoms with E-state index in [1.165, 1.54) is 4.90 Å². The zero-order chi connectivity index (χ0) is 19.0. The van der Waals surface area contributed by atoms with Crippen molar-refractivity contribution in [3.05, 3.63) is 22.8 Å². The van der Waals surface area contributed by atoms with Gasteiger partial charge in [-0.2, -0.15) is 0 Å². The predicted molar refractivity (Wildman–Crippen MR) is 101 cm³/mol. The molecule has 0 aromatic rings. The van der Waals surface area contributed by atoms with Gasteiger partial charge in [0.1, 0.15) is 5.70 Å². The van der Waals surface area contributed by atoms with Crippen LogP contribution >= 0.6 is 11.8 Å². The number of nitrogens with zero attached hydrogens (tertiary/aromatic N) is 1. The van der Waals surface area contributed by atoms with Gasteiger partial charge in [-0.05, 0) is 26.8 Å². The Labute approximate surface area is 157 Å². The lowest BCUT2D eigenvalue weighted by Gasteiger charge is -2.44. The summed E-state index contributed by atoms with van der Waals surface area (Å²) in [5.41, 5.74) is 1.27. The van der Waals surface area contributed by atoms with Gasteiger partial charge in [-0.3, -0.25) is 4.79 Å². The number of aliphatic hydroxyl groups excluding tert-OH is 1. The van der Waals surface area contributed by atoms with E-state index in [9.17, 15) is 19.8 Å². The Hall–Kier alpha value is -1.35. The molecule has 2 saturated heterocycles. The molecule has 0 aromatic carbocycles. The second kappa shape index (κ2) is 7.72. The van der Waals surface area contributed by atoms with Gasteiger partial charge in [0.15, 0.2) is 0 Å². The summed E-state index contributed by atoms with van der Waals surface area (Å²) in [6.07, 6.45) is 1.63. The molecular formula is C18H27N3O4S. The highest BCUT2D eigenvalue weighted by Crippen LogP contribution is 2.48. The van der Waals surface area contributed by atoms with Gasteiger partial charge in [0.25, 0.3) is 0 Å². The third kappa shape index (κ3) is 3.55. The number of hydrogen-bond donors (Lipinski definition) is 4. The Morgan fingerprint density at radius 1 is 1.54 bits per heavy atom.